The molecule has 0 spiro atoms. The maximum absolute atomic E-state index is 7.15. The van der Waals surface area contributed by atoms with Gasteiger partial charge in [-0.3, -0.25) is 0 Å². The largest absolute Gasteiger partial charge is 0.454 e. The molecule has 0 aliphatic rings. The maximum atomic E-state index is 7.15. The first kappa shape index (κ1) is 41.8. The Kier molecular flexibility index (Phi) is 9.21. The molecular weight excluding hydrogens is 829 g/mol. The smallest absolute Gasteiger partial charge is 0.159 e. The summed E-state index contributed by atoms with van der Waals surface area (Å²) < 4.78 is 14.3. The van der Waals surface area contributed by atoms with Gasteiger partial charge in [0.05, 0.1) is 22.7 Å². The highest BCUT2D eigenvalue weighted by atomic mass is 16.3. The number of hydrogen-bond acceptors (Lipinski definition) is 4. The van der Waals surface area contributed by atoms with Crippen molar-refractivity contribution in [2.24, 2.45) is 0 Å². The van der Waals surface area contributed by atoms with Crippen LogP contribution >= 0.6 is 0 Å². The van der Waals surface area contributed by atoms with E-state index in [1.807, 2.05) is 0 Å². The van der Waals surface area contributed by atoms with E-state index < -0.39 is 0 Å². The molecule has 0 amide bonds. The molecule has 4 nitrogen and oxygen atoms in total. The van der Waals surface area contributed by atoms with Crippen molar-refractivity contribution >= 4 is 110 Å². The zero-order chi connectivity index (χ0) is 47.0. The fourth-order valence-electron chi connectivity index (χ4n) is 11.0. The molecule has 0 aliphatic heterocycles. The molecule has 10 aromatic carbocycles. The van der Waals surface area contributed by atoms with Crippen LogP contribution in [0.15, 0.2) is 167 Å². The fourth-order valence-corrected chi connectivity index (χ4v) is 11.0. The van der Waals surface area contributed by atoms with Gasteiger partial charge in [0, 0.05) is 54.8 Å². The molecule has 12 aromatic rings. The Morgan fingerprint density at radius 3 is 1.09 bits per heavy atom. The van der Waals surface area contributed by atoms with Crippen molar-refractivity contribution in [1.29, 1.82) is 0 Å². The number of hydrogen-bond donors (Lipinski definition) is 0. The highest BCUT2D eigenvalue weighted by Crippen LogP contribution is 2.51. The second-order valence-electron chi connectivity index (χ2n) is 21.2. The van der Waals surface area contributed by atoms with E-state index in [0.717, 1.165) is 67.2 Å². The summed E-state index contributed by atoms with van der Waals surface area (Å²) in [5.74, 6) is 0. The Hall–Kier alpha value is -7.56. The minimum Gasteiger partial charge on any atom is -0.454 e. The van der Waals surface area contributed by atoms with Crippen LogP contribution in [-0.2, 0) is 10.8 Å². The Bertz CT molecular complexity index is 3700. The molecule has 2 aromatic heterocycles. The van der Waals surface area contributed by atoms with E-state index in [4.69, 9.17) is 8.83 Å². The van der Waals surface area contributed by atoms with Gasteiger partial charge in [0.2, 0.25) is 0 Å². The van der Waals surface area contributed by atoms with E-state index in [1.165, 1.54) is 76.5 Å². The van der Waals surface area contributed by atoms with Gasteiger partial charge in [0.1, 0.15) is 11.2 Å². The minimum atomic E-state index is -0.0933. The number of nitrogens with zero attached hydrogens (tertiary/aromatic N) is 2. The fraction of sp³-hybridized carbons (Fsp3) is 0.188. The van der Waals surface area contributed by atoms with Crippen molar-refractivity contribution in [3.05, 3.63) is 191 Å². The van der Waals surface area contributed by atoms with E-state index in [1.54, 1.807) is 0 Å². The first-order chi connectivity index (χ1) is 32.7. The van der Waals surface area contributed by atoms with Crippen LogP contribution in [0.2, 0.25) is 0 Å². The number of aryl methyl sites for hydroxylation is 4. The van der Waals surface area contributed by atoms with E-state index in [-0.39, 0.29) is 10.8 Å². The van der Waals surface area contributed by atoms with E-state index in [9.17, 15) is 0 Å². The molecule has 0 aliphatic carbocycles. The van der Waals surface area contributed by atoms with Crippen LogP contribution in [0.5, 0.6) is 0 Å². The molecule has 68 heavy (non-hydrogen) atoms. The van der Waals surface area contributed by atoms with Crippen LogP contribution in [0.3, 0.4) is 0 Å². The van der Waals surface area contributed by atoms with Crippen molar-refractivity contribution in [2.75, 3.05) is 9.80 Å². The van der Waals surface area contributed by atoms with Crippen molar-refractivity contribution in [3.63, 3.8) is 0 Å². The minimum absolute atomic E-state index is 0.0933. The van der Waals surface area contributed by atoms with Crippen molar-refractivity contribution < 1.29 is 8.83 Å². The topological polar surface area (TPSA) is 32.8 Å². The van der Waals surface area contributed by atoms with E-state index in [2.05, 4.69) is 237 Å². The zero-order valence-electron chi connectivity index (χ0n) is 40.7. The summed E-state index contributed by atoms with van der Waals surface area (Å²) in [4.78, 5) is 4.83. The predicted molar refractivity (Wildman–Crippen MR) is 290 cm³/mol. The Morgan fingerprint density at radius 1 is 0.324 bits per heavy atom. The van der Waals surface area contributed by atoms with Crippen molar-refractivity contribution in [3.8, 4) is 0 Å². The standard InChI is InChI=1S/C64H56N2O2/c1-37-17-27-43(28-18-37)65(53-15-11-13-47-55-39(3)21-33-49(63(5,6)7)61(55)67-59(47)53)51-35-25-41-24-32-46-52(36-26-42-23-31-45(51)57(41)58(42)46)66(44-29-19-38(2)20-30-44)54-16-12-14-48-56-40(4)22-34-50(64(8,9)10)62(56)68-60(48)54/h11-36H,1-10H3. The molecule has 2 heterocycles. The van der Waals surface area contributed by atoms with Gasteiger partial charge in [-0.1, -0.05) is 162 Å². The lowest BCUT2D eigenvalue weighted by Gasteiger charge is -2.29. The molecular formula is C64H56N2O2. The SMILES string of the molecule is Cc1ccc(N(c2ccc3ccc4c(N(c5ccc(C)cc5)c5cccc6c5oc5c(C(C)(C)C)ccc(C)c56)ccc5ccc2c3c54)c2cccc3c2oc2c(C(C)(C)C)ccc(C)c23)cc1. The monoisotopic (exact) mass is 884 g/mol. The van der Waals surface area contributed by atoms with Crippen LogP contribution in [-0.4, -0.2) is 0 Å². The van der Waals surface area contributed by atoms with Gasteiger partial charge < -0.3 is 18.6 Å². The third kappa shape index (κ3) is 6.34. The number of furan rings is 2. The molecule has 0 radical (unpaired) electrons. The molecule has 334 valence electrons. The number of rotatable bonds is 6. The summed E-state index contributed by atoms with van der Waals surface area (Å²) in [7, 11) is 0. The molecule has 0 unspecified atom stereocenters. The number of anilines is 6. The molecule has 0 fully saturated rings. The molecule has 0 saturated heterocycles. The van der Waals surface area contributed by atoms with Crippen LogP contribution in [0.25, 0.3) is 76.2 Å². The zero-order valence-corrected chi connectivity index (χ0v) is 40.7. The third-order valence-electron chi connectivity index (χ3n) is 14.5. The summed E-state index contributed by atoms with van der Waals surface area (Å²) in [6.45, 7) is 22.3. The quantitative estimate of drug-likeness (QED) is 0.156. The number of benzene rings is 10. The van der Waals surface area contributed by atoms with Gasteiger partial charge in [-0.05, 0) is 120 Å². The van der Waals surface area contributed by atoms with Gasteiger partial charge in [0.15, 0.2) is 11.2 Å². The third-order valence-corrected chi connectivity index (χ3v) is 14.5. The van der Waals surface area contributed by atoms with E-state index >= 15 is 0 Å². The lowest BCUT2D eigenvalue weighted by Crippen LogP contribution is -2.12. The second-order valence-corrected chi connectivity index (χ2v) is 21.2. The van der Waals surface area contributed by atoms with Gasteiger partial charge in [-0.2, -0.15) is 0 Å². The van der Waals surface area contributed by atoms with Gasteiger partial charge >= 0.3 is 0 Å². The van der Waals surface area contributed by atoms with Crippen LogP contribution < -0.4 is 9.80 Å². The summed E-state index contributed by atoms with van der Waals surface area (Å²) in [6.07, 6.45) is 0. The van der Waals surface area contributed by atoms with Crippen molar-refractivity contribution in [2.45, 2.75) is 80.1 Å². The second kappa shape index (κ2) is 15.0. The lowest BCUT2D eigenvalue weighted by molar-refractivity contribution is 0.572. The summed E-state index contributed by atoms with van der Waals surface area (Å²) in [6, 6.07) is 58.5. The first-order valence-electron chi connectivity index (χ1n) is 24.0. The molecule has 4 heteroatoms. The number of fused-ring (bicyclic) bond motifs is 6. The Labute approximate surface area is 398 Å². The van der Waals surface area contributed by atoms with Crippen LogP contribution in [0.1, 0.15) is 74.9 Å². The number of para-hydroxylation sites is 2. The Balaban J connectivity index is 1.13. The van der Waals surface area contributed by atoms with Gasteiger partial charge in [-0.15, -0.1) is 0 Å². The predicted octanol–water partition coefficient (Wildman–Crippen LogP) is 19.2. The normalized spacial score (nSPS) is 12.6. The highest BCUT2D eigenvalue weighted by Gasteiger charge is 2.29. The summed E-state index contributed by atoms with van der Waals surface area (Å²) in [5, 5.41) is 11.8. The molecule has 12 rings (SSSR count). The average molecular weight is 885 g/mol. The Morgan fingerprint density at radius 2 is 0.706 bits per heavy atom. The van der Waals surface area contributed by atoms with Crippen LogP contribution in [0.4, 0.5) is 34.1 Å². The van der Waals surface area contributed by atoms with E-state index in [0.29, 0.717) is 0 Å². The molecule has 0 bridgehead atoms. The first-order valence-corrected chi connectivity index (χ1v) is 24.0. The average Bonchev–Trinajstić information content (AvgIpc) is 3.91. The molecule has 0 atom stereocenters. The highest BCUT2D eigenvalue weighted by molar-refractivity contribution is 6.29. The van der Waals surface area contributed by atoms with Gasteiger partial charge in [-0.25, -0.2) is 0 Å². The van der Waals surface area contributed by atoms with Crippen molar-refractivity contribution in [1.82, 2.24) is 0 Å². The molecule has 0 saturated carbocycles. The van der Waals surface area contributed by atoms with Gasteiger partial charge in [0.25, 0.3) is 0 Å². The summed E-state index contributed by atoms with van der Waals surface area (Å²) in [5.41, 5.74) is 17.1. The van der Waals surface area contributed by atoms with Crippen LogP contribution in [0, 0.1) is 27.7 Å². The maximum Gasteiger partial charge on any atom is 0.159 e. The molecule has 0 N–H and O–H groups in total. The lowest BCUT2D eigenvalue weighted by atomic mass is 9.85. The summed E-state index contributed by atoms with van der Waals surface area (Å²) >= 11 is 0.